The average molecular weight is 237 g/mol. The van der Waals surface area contributed by atoms with Crippen molar-refractivity contribution < 1.29 is 0 Å². The lowest BCUT2D eigenvalue weighted by Crippen LogP contribution is -2.01. The van der Waals surface area contributed by atoms with Gasteiger partial charge in [0.05, 0.1) is 22.3 Å². The molecule has 0 fully saturated rings. The van der Waals surface area contributed by atoms with Crippen LogP contribution in [0.5, 0.6) is 0 Å². The smallest absolute Gasteiger partial charge is 0.0823 e. The molecule has 1 aromatic rings. The molecular formula is C9H8Cl3N. The Labute approximate surface area is 92.3 Å². The van der Waals surface area contributed by atoms with E-state index in [9.17, 15) is 0 Å². The van der Waals surface area contributed by atoms with Crippen LogP contribution in [0, 0.1) is 0 Å². The van der Waals surface area contributed by atoms with E-state index >= 15 is 0 Å². The van der Waals surface area contributed by atoms with Gasteiger partial charge >= 0.3 is 0 Å². The highest BCUT2D eigenvalue weighted by Crippen LogP contribution is 2.29. The molecule has 0 radical (unpaired) electrons. The molecule has 0 amide bonds. The normalized spacial score (nSPS) is 9.77. The van der Waals surface area contributed by atoms with E-state index in [1.54, 1.807) is 6.07 Å². The second-order valence-corrected chi connectivity index (χ2v) is 3.79. The predicted molar refractivity (Wildman–Crippen MR) is 59.9 cm³/mol. The third-order valence-electron chi connectivity index (χ3n) is 1.42. The van der Waals surface area contributed by atoms with E-state index in [-0.39, 0.29) is 0 Å². The summed E-state index contributed by atoms with van der Waals surface area (Å²) in [6.07, 6.45) is 0. The molecule has 0 aliphatic rings. The van der Waals surface area contributed by atoms with E-state index < -0.39 is 0 Å². The van der Waals surface area contributed by atoms with Gasteiger partial charge in [-0.3, -0.25) is 0 Å². The summed E-state index contributed by atoms with van der Waals surface area (Å²) in [5.74, 6) is 0. The highest BCUT2D eigenvalue weighted by Gasteiger charge is 2.02. The van der Waals surface area contributed by atoms with Gasteiger partial charge in [0, 0.05) is 5.03 Å². The van der Waals surface area contributed by atoms with E-state index in [2.05, 4.69) is 11.9 Å². The molecule has 4 heteroatoms. The van der Waals surface area contributed by atoms with Gasteiger partial charge < -0.3 is 5.32 Å². The quantitative estimate of drug-likeness (QED) is 0.831. The molecule has 0 unspecified atom stereocenters. The second-order valence-electron chi connectivity index (χ2n) is 2.47. The van der Waals surface area contributed by atoms with Crippen LogP contribution in [0.1, 0.15) is 0 Å². The van der Waals surface area contributed by atoms with Gasteiger partial charge in [-0.05, 0) is 12.1 Å². The second kappa shape index (κ2) is 4.75. The maximum atomic E-state index is 5.91. The number of benzene rings is 1. The van der Waals surface area contributed by atoms with E-state index in [0.29, 0.717) is 21.6 Å². The summed E-state index contributed by atoms with van der Waals surface area (Å²) >= 11 is 17.3. The molecule has 13 heavy (non-hydrogen) atoms. The Morgan fingerprint density at radius 1 is 1.38 bits per heavy atom. The first-order valence-corrected chi connectivity index (χ1v) is 4.76. The minimum absolute atomic E-state index is 0.474. The summed E-state index contributed by atoms with van der Waals surface area (Å²) in [6, 6.07) is 5.37. The fourth-order valence-corrected chi connectivity index (χ4v) is 1.27. The van der Waals surface area contributed by atoms with Crippen molar-refractivity contribution in [2.24, 2.45) is 0 Å². The Morgan fingerprint density at radius 2 is 2.08 bits per heavy atom. The zero-order chi connectivity index (χ0) is 9.84. The summed E-state index contributed by atoms with van der Waals surface area (Å²) < 4.78 is 0. The molecule has 0 aliphatic carbocycles. The Morgan fingerprint density at radius 3 is 2.69 bits per heavy atom. The Balaban J connectivity index is 2.77. The summed E-state index contributed by atoms with van der Waals surface area (Å²) in [7, 11) is 0. The fraction of sp³-hybridized carbons (Fsp3) is 0.111. The number of nitrogens with one attached hydrogen (secondary N) is 1. The summed E-state index contributed by atoms with van der Waals surface area (Å²) in [5, 5.41) is 4.55. The first-order valence-electron chi connectivity index (χ1n) is 3.62. The zero-order valence-electron chi connectivity index (χ0n) is 6.78. The molecule has 0 aliphatic heterocycles. The Hall–Kier alpha value is -0.370. The van der Waals surface area contributed by atoms with Gasteiger partial charge in [0.1, 0.15) is 0 Å². The summed E-state index contributed by atoms with van der Waals surface area (Å²) in [6.45, 7) is 4.02. The standard InChI is InChI=1S/C9H8Cl3N/c1-6(10)5-13-8-4-2-3-7(11)9(8)12/h2-4,13H,1,5H2. The van der Waals surface area contributed by atoms with Crippen molar-refractivity contribution in [3.8, 4) is 0 Å². The van der Waals surface area contributed by atoms with Crippen LogP contribution in [0.4, 0.5) is 5.69 Å². The summed E-state index contributed by atoms with van der Waals surface area (Å²) in [4.78, 5) is 0. The molecule has 1 rings (SSSR count). The van der Waals surface area contributed by atoms with Gasteiger partial charge in [0.15, 0.2) is 0 Å². The van der Waals surface area contributed by atoms with Crippen LogP contribution in [0.2, 0.25) is 10.0 Å². The third-order valence-corrected chi connectivity index (χ3v) is 2.37. The Bertz CT molecular complexity index is 323. The van der Waals surface area contributed by atoms with Gasteiger partial charge in [-0.1, -0.05) is 47.4 Å². The molecule has 70 valence electrons. The van der Waals surface area contributed by atoms with Crippen LogP contribution in [-0.2, 0) is 0 Å². The van der Waals surface area contributed by atoms with Crippen LogP contribution in [0.15, 0.2) is 29.8 Å². The zero-order valence-corrected chi connectivity index (χ0v) is 9.05. The molecule has 0 saturated heterocycles. The van der Waals surface area contributed by atoms with Gasteiger partial charge in [-0.2, -0.15) is 0 Å². The number of anilines is 1. The molecule has 0 atom stereocenters. The van der Waals surface area contributed by atoms with Crippen molar-refractivity contribution in [2.45, 2.75) is 0 Å². The molecule has 0 bridgehead atoms. The first-order chi connectivity index (χ1) is 6.11. The van der Waals surface area contributed by atoms with Crippen LogP contribution < -0.4 is 5.32 Å². The fourth-order valence-electron chi connectivity index (χ4n) is 0.831. The maximum Gasteiger partial charge on any atom is 0.0823 e. The lowest BCUT2D eigenvalue weighted by Gasteiger charge is -2.07. The Kier molecular flexibility index (Phi) is 3.91. The topological polar surface area (TPSA) is 12.0 Å². The van der Waals surface area contributed by atoms with E-state index in [4.69, 9.17) is 34.8 Å². The SMILES string of the molecule is C=C(Cl)CNc1cccc(Cl)c1Cl. The number of rotatable bonds is 3. The maximum absolute atomic E-state index is 5.91. The highest BCUT2D eigenvalue weighted by atomic mass is 35.5. The van der Waals surface area contributed by atoms with Crippen LogP contribution in [-0.4, -0.2) is 6.54 Å². The molecule has 0 heterocycles. The number of hydrogen-bond donors (Lipinski definition) is 1. The monoisotopic (exact) mass is 235 g/mol. The molecule has 0 spiro atoms. The predicted octanol–water partition coefficient (Wildman–Crippen LogP) is 4.16. The van der Waals surface area contributed by atoms with Crippen molar-refractivity contribution in [3.63, 3.8) is 0 Å². The molecule has 0 aromatic heterocycles. The van der Waals surface area contributed by atoms with Crippen molar-refractivity contribution >= 4 is 40.5 Å². The minimum atomic E-state index is 0.474. The van der Waals surface area contributed by atoms with Gasteiger partial charge in [0.25, 0.3) is 0 Å². The first kappa shape index (κ1) is 10.7. The molecule has 1 aromatic carbocycles. The largest absolute Gasteiger partial charge is 0.379 e. The number of hydrogen-bond acceptors (Lipinski definition) is 1. The van der Waals surface area contributed by atoms with Crippen LogP contribution in [0.25, 0.3) is 0 Å². The summed E-state index contributed by atoms with van der Waals surface area (Å²) in [5.41, 5.74) is 0.760. The van der Waals surface area contributed by atoms with Crippen LogP contribution in [0.3, 0.4) is 0 Å². The van der Waals surface area contributed by atoms with Crippen LogP contribution >= 0.6 is 34.8 Å². The van der Waals surface area contributed by atoms with E-state index in [1.807, 2.05) is 12.1 Å². The van der Waals surface area contributed by atoms with Crippen molar-refractivity contribution in [1.29, 1.82) is 0 Å². The van der Waals surface area contributed by atoms with Crippen molar-refractivity contribution in [1.82, 2.24) is 0 Å². The average Bonchev–Trinajstić information content (AvgIpc) is 2.07. The van der Waals surface area contributed by atoms with Crippen molar-refractivity contribution in [3.05, 3.63) is 39.9 Å². The minimum Gasteiger partial charge on any atom is -0.379 e. The van der Waals surface area contributed by atoms with Crippen molar-refractivity contribution in [2.75, 3.05) is 11.9 Å². The van der Waals surface area contributed by atoms with Gasteiger partial charge in [-0.25, -0.2) is 0 Å². The lowest BCUT2D eigenvalue weighted by molar-refractivity contribution is 1.32. The molecule has 0 saturated carbocycles. The van der Waals surface area contributed by atoms with Gasteiger partial charge in [-0.15, -0.1) is 0 Å². The molecular weight excluding hydrogens is 228 g/mol. The van der Waals surface area contributed by atoms with E-state index in [0.717, 1.165) is 5.69 Å². The highest BCUT2D eigenvalue weighted by molar-refractivity contribution is 6.43. The van der Waals surface area contributed by atoms with Gasteiger partial charge in [0.2, 0.25) is 0 Å². The molecule has 1 nitrogen and oxygen atoms in total. The third kappa shape index (κ3) is 3.11. The lowest BCUT2D eigenvalue weighted by atomic mass is 10.3. The molecule has 1 N–H and O–H groups in total. The van der Waals surface area contributed by atoms with E-state index in [1.165, 1.54) is 0 Å². The number of halogens is 3.